The fraction of sp³-hybridized carbons (Fsp3) is 0.600. The summed E-state index contributed by atoms with van der Waals surface area (Å²) in [5, 5.41) is 23.2. The molecule has 1 atom stereocenters. The van der Waals surface area contributed by atoms with Gasteiger partial charge >= 0.3 is 16.9 Å². The third kappa shape index (κ3) is 4.30. The summed E-state index contributed by atoms with van der Waals surface area (Å²) in [7, 11) is 0. The molecule has 0 fully saturated rings. The molecule has 0 bridgehead atoms. The normalized spacial score (nSPS) is 12.6. The van der Waals surface area contributed by atoms with Crippen LogP contribution in [0.1, 0.15) is 13.8 Å². The molecule has 9 heteroatoms. The Morgan fingerprint density at radius 2 is 2.16 bits per heavy atom. The molecule has 0 saturated heterocycles. The van der Waals surface area contributed by atoms with Gasteiger partial charge < -0.3 is 10.4 Å². The van der Waals surface area contributed by atoms with Crippen molar-refractivity contribution in [1.29, 1.82) is 0 Å². The van der Waals surface area contributed by atoms with E-state index in [4.69, 9.17) is 0 Å². The molecule has 3 N–H and O–H groups in total. The highest BCUT2D eigenvalue weighted by Crippen LogP contribution is 1.99. The van der Waals surface area contributed by atoms with Gasteiger partial charge in [-0.25, -0.2) is 4.79 Å². The fourth-order valence-corrected chi connectivity index (χ4v) is 1.43. The number of hydrogen-bond donors (Lipinski definition) is 3. The van der Waals surface area contributed by atoms with Gasteiger partial charge in [-0.2, -0.15) is 0 Å². The molecule has 1 unspecified atom stereocenters. The number of aliphatic hydroxyl groups is 1. The predicted molar refractivity (Wildman–Crippen MR) is 67.1 cm³/mol. The summed E-state index contributed by atoms with van der Waals surface area (Å²) in [6.07, 6.45) is -0.0645. The first-order chi connectivity index (χ1) is 8.81. The third-order valence-electron chi connectivity index (χ3n) is 2.36. The highest BCUT2D eigenvalue weighted by molar-refractivity contribution is 5.20. The van der Waals surface area contributed by atoms with Gasteiger partial charge in [0.1, 0.15) is 0 Å². The Bertz CT molecular complexity index is 562. The largest absolute Gasteiger partial charge is 0.390 e. The van der Waals surface area contributed by atoms with Crippen LogP contribution in [0.15, 0.2) is 15.8 Å². The number of aromatic nitrogens is 2. The van der Waals surface area contributed by atoms with Crippen molar-refractivity contribution in [3.05, 3.63) is 37.1 Å². The van der Waals surface area contributed by atoms with Gasteiger partial charge in [-0.15, -0.1) is 0 Å². The number of nitrogens with one attached hydrogen (secondary N) is 2. The average molecular weight is 272 g/mol. The number of aliphatic hydroxyl groups excluding tert-OH is 1. The Balaban J connectivity index is 2.89. The average Bonchev–Trinajstić information content (AvgIpc) is 2.29. The lowest BCUT2D eigenvalue weighted by atomic mass is 10.3. The molecule has 1 aromatic rings. The van der Waals surface area contributed by atoms with Crippen LogP contribution in [0.3, 0.4) is 0 Å². The van der Waals surface area contributed by atoms with E-state index in [0.29, 0.717) is 0 Å². The van der Waals surface area contributed by atoms with Crippen molar-refractivity contribution in [2.75, 3.05) is 6.54 Å². The Morgan fingerprint density at radius 3 is 2.68 bits per heavy atom. The summed E-state index contributed by atoms with van der Waals surface area (Å²) < 4.78 is 0.909. The smallest absolute Gasteiger partial charge is 0.350 e. The van der Waals surface area contributed by atoms with E-state index in [1.54, 1.807) is 0 Å². The first-order valence-corrected chi connectivity index (χ1v) is 5.71. The molecule has 106 valence electrons. The van der Waals surface area contributed by atoms with E-state index in [9.17, 15) is 24.8 Å². The standard InChI is InChI=1S/C10H16N4O5/c1-6(2)11-3-7(15)4-13-5-8(14(18)19)9(16)12-10(13)17/h5-7,11,15H,3-4H2,1-2H3,(H,12,16,17). The minimum Gasteiger partial charge on any atom is -0.390 e. The highest BCUT2D eigenvalue weighted by Gasteiger charge is 2.16. The lowest BCUT2D eigenvalue weighted by molar-refractivity contribution is -0.386. The number of H-pyrrole nitrogens is 1. The second-order valence-corrected chi connectivity index (χ2v) is 4.40. The van der Waals surface area contributed by atoms with Crippen molar-refractivity contribution in [3.63, 3.8) is 0 Å². The van der Waals surface area contributed by atoms with E-state index in [1.165, 1.54) is 0 Å². The summed E-state index contributed by atoms with van der Waals surface area (Å²) in [5.41, 5.74) is -2.58. The Morgan fingerprint density at radius 1 is 1.53 bits per heavy atom. The zero-order valence-electron chi connectivity index (χ0n) is 10.6. The zero-order valence-corrected chi connectivity index (χ0v) is 10.6. The van der Waals surface area contributed by atoms with E-state index < -0.39 is 28.0 Å². The minimum absolute atomic E-state index is 0.143. The zero-order chi connectivity index (χ0) is 14.6. The van der Waals surface area contributed by atoms with Crippen LogP contribution < -0.4 is 16.6 Å². The Kier molecular flexibility index (Phi) is 4.95. The molecule has 1 rings (SSSR count). The molecule has 0 spiro atoms. The fourth-order valence-electron chi connectivity index (χ4n) is 1.43. The maximum atomic E-state index is 11.4. The van der Waals surface area contributed by atoms with E-state index in [-0.39, 0.29) is 19.1 Å². The first kappa shape index (κ1) is 15.1. The van der Waals surface area contributed by atoms with Gasteiger partial charge in [0.15, 0.2) is 0 Å². The van der Waals surface area contributed by atoms with Crippen molar-refractivity contribution in [2.24, 2.45) is 0 Å². The number of nitro groups is 1. The Hall–Kier alpha value is -2.00. The van der Waals surface area contributed by atoms with E-state index >= 15 is 0 Å². The topological polar surface area (TPSA) is 130 Å². The van der Waals surface area contributed by atoms with Gasteiger partial charge in [0.05, 0.1) is 23.8 Å². The van der Waals surface area contributed by atoms with Crippen LogP contribution in [0.5, 0.6) is 0 Å². The molecule has 0 aliphatic heterocycles. The van der Waals surface area contributed by atoms with Crippen molar-refractivity contribution >= 4 is 5.69 Å². The SMILES string of the molecule is CC(C)NCC(O)Cn1cc([N+](=O)[O-])c(=O)[nH]c1=O. The Labute approximate surface area is 108 Å². The molecule has 1 aromatic heterocycles. The number of nitrogens with zero attached hydrogens (tertiary/aromatic N) is 2. The van der Waals surface area contributed by atoms with Crippen LogP contribution in [0.25, 0.3) is 0 Å². The summed E-state index contributed by atoms with van der Waals surface area (Å²) in [6.45, 7) is 3.88. The van der Waals surface area contributed by atoms with Crippen molar-refractivity contribution in [1.82, 2.24) is 14.9 Å². The van der Waals surface area contributed by atoms with Crippen molar-refractivity contribution < 1.29 is 10.0 Å². The molecule has 9 nitrogen and oxygen atoms in total. The molecule has 0 saturated carbocycles. The first-order valence-electron chi connectivity index (χ1n) is 5.71. The van der Waals surface area contributed by atoms with Gasteiger partial charge in [0, 0.05) is 12.6 Å². The molecule has 0 amide bonds. The van der Waals surface area contributed by atoms with E-state index in [2.05, 4.69) is 5.32 Å². The van der Waals surface area contributed by atoms with Gasteiger partial charge in [-0.05, 0) is 0 Å². The summed E-state index contributed by atoms with van der Waals surface area (Å²) in [4.78, 5) is 34.1. The number of rotatable bonds is 6. The predicted octanol–water partition coefficient (Wildman–Crippen LogP) is -1.20. The van der Waals surface area contributed by atoms with Crippen LogP contribution in [0.2, 0.25) is 0 Å². The second kappa shape index (κ2) is 6.25. The molecular weight excluding hydrogens is 256 g/mol. The number of aromatic amines is 1. The second-order valence-electron chi connectivity index (χ2n) is 4.40. The van der Waals surface area contributed by atoms with Crippen LogP contribution in [-0.4, -0.2) is 38.3 Å². The third-order valence-corrected chi connectivity index (χ3v) is 2.36. The molecule has 0 aliphatic rings. The summed E-state index contributed by atoms with van der Waals surface area (Å²) >= 11 is 0. The minimum atomic E-state index is -1.05. The quantitative estimate of drug-likeness (QED) is 0.440. The monoisotopic (exact) mass is 272 g/mol. The van der Waals surface area contributed by atoms with Crippen LogP contribution in [0, 0.1) is 10.1 Å². The lowest BCUT2D eigenvalue weighted by Crippen LogP contribution is -2.38. The highest BCUT2D eigenvalue weighted by atomic mass is 16.6. The van der Waals surface area contributed by atoms with E-state index in [0.717, 1.165) is 10.8 Å². The van der Waals surface area contributed by atoms with Crippen LogP contribution >= 0.6 is 0 Å². The summed E-state index contributed by atoms with van der Waals surface area (Å²) in [6, 6.07) is 0.163. The molecule has 19 heavy (non-hydrogen) atoms. The summed E-state index contributed by atoms with van der Waals surface area (Å²) in [5.74, 6) is 0. The molecule has 0 radical (unpaired) electrons. The maximum Gasteiger partial charge on any atom is 0.350 e. The van der Waals surface area contributed by atoms with Gasteiger partial charge in [0.2, 0.25) is 0 Å². The van der Waals surface area contributed by atoms with Crippen molar-refractivity contribution in [2.45, 2.75) is 32.5 Å². The van der Waals surface area contributed by atoms with Gasteiger partial charge in [-0.1, -0.05) is 13.8 Å². The molecule has 1 heterocycles. The molecule has 0 aromatic carbocycles. The van der Waals surface area contributed by atoms with Gasteiger partial charge in [0.25, 0.3) is 0 Å². The maximum absolute atomic E-state index is 11.4. The lowest BCUT2D eigenvalue weighted by Gasteiger charge is -2.14. The van der Waals surface area contributed by atoms with E-state index in [1.807, 2.05) is 18.8 Å². The van der Waals surface area contributed by atoms with Gasteiger partial charge in [-0.3, -0.25) is 24.5 Å². The van der Waals surface area contributed by atoms with Crippen molar-refractivity contribution in [3.8, 4) is 0 Å². The van der Waals surface area contributed by atoms with Crippen LogP contribution in [-0.2, 0) is 6.54 Å². The molecular formula is C10H16N4O5. The number of hydrogen-bond acceptors (Lipinski definition) is 6. The molecule has 0 aliphatic carbocycles. The van der Waals surface area contributed by atoms with Crippen LogP contribution in [0.4, 0.5) is 5.69 Å².